The molecule has 0 radical (unpaired) electrons. The molecule has 1 aliphatic heterocycles. The smallest absolute Gasteiger partial charge is 0.329 e. The lowest BCUT2D eigenvalue weighted by Crippen LogP contribution is -2.29. The third-order valence-electron chi connectivity index (χ3n) is 4.53. The highest BCUT2D eigenvalue weighted by atomic mass is 16.5. The van der Waals surface area contributed by atoms with E-state index in [1.165, 1.54) is 4.57 Å². The van der Waals surface area contributed by atoms with Crippen molar-refractivity contribution in [1.29, 1.82) is 0 Å². The molecule has 10 nitrogen and oxygen atoms in total. The average molecular weight is 367 g/mol. The van der Waals surface area contributed by atoms with Crippen molar-refractivity contribution in [1.82, 2.24) is 19.5 Å². The lowest BCUT2D eigenvalue weighted by atomic mass is 10.2. The zero-order chi connectivity index (χ0) is 18.8. The van der Waals surface area contributed by atoms with Crippen LogP contribution in [0, 0.1) is 0 Å². The number of aromatic amines is 2. The molecule has 10 heteroatoms. The lowest BCUT2D eigenvalue weighted by Gasteiger charge is -2.22. The predicted molar refractivity (Wildman–Crippen MR) is 95.4 cm³/mol. The summed E-state index contributed by atoms with van der Waals surface area (Å²) in [4.78, 5) is 36.5. The summed E-state index contributed by atoms with van der Waals surface area (Å²) in [6.07, 6.45) is -0.545. The van der Waals surface area contributed by atoms with Gasteiger partial charge < -0.3 is 19.8 Å². The Labute approximate surface area is 149 Å². The topological polar surface area (TPSA) is 136 Å². The SMILES string of the molecule is CCCN(CCC)c1nc2c([nH]c(=O)n2[C@H]2C[C@H](O)[C@@H](CO)O2)c(=O)[nH]1. The number of fused-ring (bicyclic) bond motifs is 1. The van der Waals surface area contributed by atoms with Crippen molar-refractivity contribution >= 4 is 17.1 Å². The van der Waals surface area contributed by atoms with Crippen molar-refractivity contribution < 1.29 is 14.9 Å². The summed E-state index contributed by atoms with van der Waals surface area (Å²) in [6, 6.07) is 0. The molecule has 3 heterocycles. The summed E-state index contributed by atoms with van der Waals surface area (Å²) in [5.74, 6) is 0.399. The van der Waals surface area contributed by atoms with Gasteiger partial charge in [-0.1, -0.05) is 13.8 Å². The highest BCUT2D eigenvalue weighted by Crippen LogP contribution is 2.29. The Kier molecular flexibility index (Phi) is 5.44. The van der Waals surface area contributed by atoms with Gasteiger partial charge in [0.2, 0.25) is 5.95 Å². The van der Waals surface area contributed by atoms with Crippen LogP contribution in [0.4, 0.5) is 5.95 Å². The average Bonchev–Trinajstić information content (AvgIpc) is 3.13. The summed E-state index contributed by atoms with van der Waals surface area (Å²) < 4.78 is 6.81. The van der Waals surface area contributed by atoms with Crippen LogP contribution in [0.15, 0.2) is 9.59 Å². The maximum Gasteiger partial charge on any atom is 0.329 e. The lowest BCUT2D eigenvalue weighted by molar-refractivity contribution is -0.0441. The van der Waals surface area contributed by atoms with Gasteiger partial charge in [-0.15, -0.1) is 0 Å². The van der Waals surface area contributed by atoms with Gasteiger partial charge in [-0.05, 0) is 12.8 Å². The van der Waals surface area contributed by atoms with E-state index < -0.39 is 29.7 Å². The largest absolute Gasteiger partial charge is 0.394 e. The van der Waals surface area contributed by atoms with Crippen molar-refractivity contribution in [2.75, 3.05) is 24.6 Å². The maximum atomic E-state index is 12.4. The van der Waals surface area contributed by atoms with Crippen LogP contribution >= 0.6 is 0 Å². The standard InChI is InChI=1S/C16H25N5O5/c1-3-5-20(6-4-2)15-18-13-12(14(24)19-15)17-16(25)21(13)11-7-9(23)10(8-22)26-11/h9-11,22-23H,3-8H2,1-2H3,(H,17,25)(H,18,19,24)/t9-,10+,11+/m0/s1. The van der Waals surface area contributed by atoms with Crippen LogP contribution in [-0.2, 0) is 4.74 Å². The van der Waals surface area contributed by atoms with Gasteiger partial charge in [-0.3, -0.25) is 14.8 Å². The Morgan fingerprint density at radius 3 is 2.54 bits per heavy atom. The molecule has 0 aliphatic carbocycles. The number of hydrogen-bond donors (Lipinski definition) is 4. The normalized spacial score (nSPS) is 23.0. The van der Waals surface area contributed by atoms with Crippen molar-refractivity contribution in [2.45, 2.75) is 51.5 Å². The van der Waals surface area contributed by atoms with Gasteiger partial charge in [0, 0.05) is 19.5 Å². The number of rotatable bonds is 7. The zero-order valence-electron chi connectivity index (χ0n) is 14.9. The van der Waals surface area contributed by atoms with Crippen molar-refractivity contribution in [3.05, 3.63) is 20.8 Å². The fourth-order valence-corrected chi connectivity index (χ4v) is 3.32. The summed E-state index contributed by atoms with van der Waals surface area (Å²) in [7, 11) is 0. The molecule has 1 saturated heterocycles. The number of nitrogens with zero attached hydrogens (tertiary/aromatic N) is 3. The quantitative estimate of drug-likeness (QED) is 0.526. The molecule has 0 saturated carbocycles. The molecular formula is C16H25N5O5. The number of hydrogen-bond acceptors (Lipinski definition) is 7. The van der Waals surface area contributed by atoms with Gasteiger partial charge >= 0.3 is 5.69 Å². The number of aliphatic hydroxyl groups excluding tert-OH is 2. The second kappa shape index (κ2) is 7.60. The molecular weight excluding hydrogens is 342 g/mol. The van der Waals surface area contributed by atoms with E-state index in [4.69, 9.17) is 4.74 Å². The number of H-pyrrole nitrogens is 2. The van der Waals surface area contributed by atoms with Gasteiger partial charge in [0.05, 0.1) is 12.7 Å². The molecule has 0 spiro atoms. The van der Waals surface area contributed by atoms with Crippen molar-refractivity contribution in [3.63, 3.8) is 0 Å². The number of ether oxygens (including phenoxy) is 1. The molecule has 1 aliphatic rings. The summed E-state index contributed by atoms with van der Waals surface area (Å²) >= 11 is 0. The number of imidazole rings is 1. The fourth-order valence-electron chi connectivity index (χ4n) is 3.32. The molecule has 2 aromatic heterocycles. The van der Waals surface area contributed by atoms with E-state index in [0.29, 0.717) is 5.95 Å². The molecule has 1 fully saturated rings. The van der Waals surface area contributed by atoms with E-state index in [0.717, 1.165) is 25.9 Å². The van der Waals surface area contributed by atoms with E-state index in [2.05, 4.69) is 15.0 Å². The first-order valence-corrected chi connectivity index (χ1v) is 8.94. The first-order valence-electron chi connectivity index (χ1n) is 8.94. The molecule has 3 atom stereocenters. The number of aliphatic hydroxyl groups is 2. The second-order valence-electron chi connectivity index (χ2n) is 6.49. The minimum absolute atomic E-state index is 0.0669. The van der Waals surface area contributed by atoms with E-state index in [1.807, 2.05) is 18.7 Å². The molecule has 0 unspecified atom stereocenters. The van der Waals surface area contributed by atoms with Crippen molar-refractivity contribution in [3.8, 4) is 0 Å². The molecule has 4 N–H and O–H groups in total. The summed E-state index contributed by atoms with van der Waals surface area (Å²) in [5, 5.41) is 19.2. The Morgan fingerprint density at radius 1 is 1.27 bits per heavy atom. The van der Waals surface area contributed by atoms with Crippen LogP contribution in [0.2, 0.25) is 0 Å². The molecule has 0 amide bonds. The molecule has 2 aromatic rings. The van der Waals surface area contributed by atoms with Crippen LogP contribution in [0.5, 0.6) is 0 Å². The first-order chi connectivity index (χ1) is 12.5. The Bertz CT molecular complexity index is 866. The van der Waals surface area contributed by atoms with Crippen molar-refractivity contribution in [2.24, 2.45) is 0 Å². The number of anilines is 1. The minimum atomic E-state index is -0.889. The van der Waals surface area contributed by atoms with Crippen LogP contribution < -0.4 is 16.1 Å². The monoisotopic (exact) mass is 367 g/mol. The third-order valence-corrected chi connectivity index (χ3v) is 4.53. The van der Waals surface area contributed by atoms with Crippen LogP contribution in [0.1, 0.15) is 39.3 Å². The molecule has 3 rings (SSSR count). The number of aromatic nitrogens is 4. The molecule has 144 valence electrons. The minimum Gasteiger partial charge on any atom is -0.394 e. The zero-order valence-corrected chi connectivity index (χ0v) is 14.9. The van der Waals surface area contributed by atoms with Gasteiger partial charge in [0.15, 0.2) is 11.2 Å². The van der Waals surface area contributed by atoms with Gasteiger partial charge in [0.25, 0.3) is 5.56 Å². The highest BCUT2D eigenvalue weighted by molar-refractivity contribution is 5.71. The fraction of sp³-hybridized carbons (Fsp3) is 0.688. The Balaban J connectivity index is 2.08. The maximum absolute atomic E-state index is 12.4. The van der Waals surface area contributed by atoms with Crippen LogP contribution in [0.3, 0.4) is 0 Å². The van der Waals surface area contributed by atoms with E-state index in [-0.39, 0.29) is 24.2 Å². The van der Waals surface area contributed by atoms with E-state index >= 15 is 0 Å². The van der Waals surface area contributed by atoms with Crippen LogP contribution in [0.25, 0.3) is 11.2 Å². The van der Waals surface area contributed by atoms with Crippen LogP contribution in [-0.4, -0.2) is 61.6 Å². The summed E-state index contributed by atoms with van der Waals surface area (Å²) in [6.45, 7) is 5.17. The highest BCUT2D eigenvalue weighted by Gasteiger charge is 2.36. The molecule has 0 aromatic carbocycles. The van der Waals surface area contributed by atoms with Gasteiger partial charge in [-0.2, -0.15) is 4.98 Å². The number of nitrogens with one attached hydrogen (secondary N) is 2. The van der Waals surface area contributed by atoms with E-state index in [9.17, 15) is 19.8 Å². The Morgan fingerprint density at radius 2 is 1.96 bits per heavy atom. The molecule has 26 heavy (non-hydrogen) atoms. The molecule has 0 bridgehead atoms. The first kappa shape index (κ1) is 18.6. The Hall–Kier alpha value is -2.17. The predicted octanol–water partition coefficient (Wildman–Crippen LogP) is -0.320. The van der Waals surface area contributed by atoms with Gasteiger partial charge in [-0.25, -0.2) is 9.36 Å². The van der Waals surface area contributed by atoms with E-state index in [1.54, 1.807) is 0 Å². The summed E-state index contributed by atoms with van der Waals surface area (Å²) in [5.41, 5.74) is -0.724. The third kappa shape index (κ3) is 3.27. The van der Waals surface area contributed by atoms with Gasteiger partial charge in [0.1, 0.15) is 12.3 Å². The second-order valence-corrected chi connectivity index (χ2v) is 6.49.